The van der Waals surface area contributed by atoms with E-state index in [9.17, 15) is 9.18 Å². The summed E-state index contributed by atoms with van der Waals surface area (Å²) < 4.78 is 12.7. The molecule has 1 N–H and O–H groups in total. The van der Waals surface area contributed by atoms with Crippen molar-refractivity contribution < 1.29 is 14.3 Å². The third-order valence-electron chi connectivity index (χ3n) is 1.21. The van der Waals surface area contributed by atoms with Crippen molar-refractivity contribution >= 4 is 5.97 Å². The lowest BCUT2D eigenvalue weighted by atomic mass is 9.97. The van der Waals surface area contributed by atoms with Crippen molar-refractivity contribution in [3.8, 4) is 0 Å². The Kier molecular flexibility index (Phi) is 2.81. The second-order valence-electron chi connectivity index (χ2n) is 3.16. The molecule has 0 radical (unpaired) electrons. The van der Waals surface area contributed by atoms with Crippen LogP contribution in [0.2, 0.25) is 0 Å². The Balaban J connectivity index is 3.80. The fourth-order valence-corrected chi connectivity index (χ4v) is 0.815. The molecule has 0 saturated carbocycles. The SMILES string of the molecule is C[C@H](CC(C)(C)F)C(=O)O. The first-order valence-corrected chi connectivity index (χ1v) is 3.24. The largest absolute Gasteiger partial charge is 0.481 e. The van der Waals surface area contributed by atoms with Crippen molar-refractivity contribution in [1.82, 2.24) is 0 Å². The van der Waals surface area contributed by atoms with Crippen LogP contribution in [0.4, 0.5) is 4.39 Å². The molecule has 0 aromatic carbocycles. The van der Waals surface area contributed by atoms with Gasteiger partial charge in [-0.1, -0.05) is 6.92 Å². The average molecular weight is 148 g/mol. The number of hydrogen-bond acceptors (Lipinski definition) is 1. The van der Waals surface area contributed by atoms with Gasteiger partial charge in [0, 0.05) is 0 Å². The van der Waals surface area contributed by atoms with Crippen LogP contribution in [0.25, 0.3) is 0 Å². The maximum Gasteiger partial charge on any atom is 0.306 e. The van der Waals surface area contributed by atoms with Gasteiger partial charge in [-0.3, -0.25) is 4.79 Å². The Hall–Kier alpha value is -0.600. The first kappa shape index (κ1) is 9.40. The summed E-state index contributed by atoms with van der Waals surface area (Å²) in [4.78, 5) is 10.2. The summed E-state index contributed by atoms with van der Waals surface area (Å²) >= 11 is 0. The minimum absolute atomic E-state index is 0.0718. The number of aliphatic carboxylic acids is 1. The maximum atomic E-state index is 12.7. The van der Waals surface area contributed by atoms with E-state index in [-0.39, 0.29) is 6.42 Å². The number of rotatable bonds is 3. The summed E-state index contributed by atoms with van der Waals surface area (Å²) in [6.07, 6.45) is 0.0718. The summed E-state index contributed by atoms with van der Waals surface area (Å²) in [7, 11) is 0. The van der Waals surface area contributed by atoms with Gasteiger partial charge in [-0.05, 0) is 20.3 Å². The van der Waals surface area contributed by atoms with Gasteiger partial charge in [0.1, 0.15) is 5.67 Å². The summed E-state index contributed by atoms with van der Waals surface area (Å²) in [6, 6.07) is 0. The van der Waals surface area contributed by atoms with E-state index in [2.05, 4.69) is 0 Å². The molecule has 0 amide bonds. The molecule has 0 aliphatic heterocycles. The molecule has 1 atom stereocenters. The molecule has 0 unspecified atom stereocenters. The van der Waals surface area contributed by atoms with Gasteiger partial charge in [0.2, 0.25) is 0 Å². The second kappa shape index (κ2) is 2.99. The van der Waals surface area contributed by atoms with Gasteiger partial charge < -0.3 is 5.11 Å². The van der Waals surface area contributed by atoms with Crippen LogP contribution in [0, 0.1) is 5.92 Å². The molecule has 0 spiro atoms. The minimum atomic E-state index is -1.38. The van der Waals surface area contributed by atoms with Crippen molar-refractivity contribution in [3.05, 3.63) is 0 Å². The zero-order valence-corrected chi connectivity index (χ0v) is 6.52. The van der Waals surface area contributed by atoms with Crippen LogP contribution in [0.15, 0.2) is 0 Å². The van der Waals surface area contributed by atoms with E-state index in [1.165, 1.54) is 20.8 Å². The van der Waals surface area contributed by atoms with Gasteiger partial charge >= 0.3 is 5.97 Å². The molecule has 0 saturated heterocycles. The molecule has 0 fully saturated rings. The van der Waals surface area contributed by atoms with E-state index in [1.807, 2.05) is 0 Å². The van der Waals surface area contributed by atoms with Gasteiger partial charge in [-0.15, -0.1) is 0 Å². The molecule has 0 aromatic heterocycles. The Morgan fingerprint density at radius 2 is 2.10 bits per heavy atom. The van der Waals surface area contributed by atoms with Crippen LogP contribution in [0.1, 0.15) is 27.2 Å². The van der Waals surface area contributed by atoms with Crippen molar-refractivity contribution in [3.63, 3.8) is 0 Å². The highest BCUT2D eigenvalue weighted by Crippen LogP contribution is 2.19. The molecule has 10 heavy (non-hydrogen) atoms. The smallest absolute Gasteiger partial charge is 0.306 e. The number of carbonyl (C=O) groups is 1. The number of carboxylic acids is 1. The molecule has 0 aromatic rings. The molecular weight excluding hydrogens is 135 g/mol. The summed E-state index contributed by atoms with van der Waals surface area (Å²) in [5.74, 6) is -1.54. The maximum absolute atomic E-state index is 12.7. The first-order valence-electron chi connectivity index (χ1n) is 3.24. The lowest BCUT2D eigenvalue weighted by Crippen LogP contribution is -2.21. The average Bonchev–Trinajstić information content (AvgIpc) is 1.60. The third kappa shape index (κ3) is 4.30. The molecule has 2 nitrogen and oxygen atoms in total. The first-order chi connectivity index (χ1) is 4.33. The summed E-state index contributed by atoms with van der Waals surface area (Å²) in [5.41, 5.74) is -1.38. The van der Waals surface area contributed by atoms with Crippen molar-refractivity contribution in [2.45, 2.75) is 32.9 Å². The van der Waals surface area contributed by atoms with Gasteiger partial charge in [0.15, 0.2) is 0 Å². The number of alkyl halides is 1. The van der Waals surface area contributed by atoms with Gasteiger partial charge in [0.05, 0.1) is 5.92 Å². The van der Waals surface area contributed by atoms with Crippen molar-refractivity contribution in [2.24, 2.45) is 5.92 Å². The molecule has 0 aliphatic carbocycles. The zero-order chi connectivity index (χ0) is 8.36. The lowest BCUT2D eigenvalue weighted by Gasteiger charge is -2.15. The number of carboxylic acid groups (broad SMARTS) is 1. The minimum Gasteiger partial charge on any atom is -0.481 e. The molecule has 0 bridgehead atoms. The van der Waals surface area contributed by atoms with Crippen LogP contribution in [-0.2, 0) is 4.79 Å². The second-order valence-corrected chi connectivity index (χ2v) is 3.16. The monoisotopic (exact) mass is 148 g/mol. The van der Waals surface area contributed by atoms with E-state index in [0.717, 1.165) is 0 Å². The zero-order valence-electron chi connectivity index (χ0n) is 6.52. The van der Waals surface area contributed by atoms with Crippen molar-refractivity contribution in [2.75, 3.05) is 0 Å². The molecule has 0 rings (SSSR count). The molecular formula is C7H13FO2. The van der Waals surface area contributed by atoms with Gasteiger partial charge in [0.25, 0.3) is 0 Å². The molecule has 60 valence electrons. The lowest BCUT2D eigenvalue weighted by molar-refractivity contribution is -0.142. The van der Waals surface area contributed by atoms with Crippen LogP contribution >= 0.6 is 0 Å². The molecule has 0 heterocycles. The predicted molar refractivity (Wildman–Crippen MR) is 36.6 cm³/mol. The highest BCUT2D eigenvalue weighted by molar-refractivity contribution is 5.69. The van der Waals surface area contributed by atoms with E-state index >= 15 is 0 Å². The fraction of sp³-hybridized carbons (Fsp3) is 0.857. The van der Waals surface area contributed by atoms with Crippen LogP contribution in [-0.4, -0.2) is 16.7 Å². The summed E-state index contributed by atoms with van der Waals surface area (Å²) in [6.45, 7) is 4.27. The number of halogens is 1. The van der Waals surface area contributed by atoms with Crippen LogP contribution in [0.5, 0.6) is 0 Å². The highest BCUT2D eigenvalue weighted by atomic mass is 19.1. The Bertz CT molecular complexity index is 126. The third-order valence-corrected chi connectivity index (χ3v) is 1.21. The highest BCUT2D eigenvalue weighted by Gasteiger charge is 2.23. The van der Waals surface area contributed by atoms with E-state index in [4.69, 9.17) is 5.11 Å². The fourth-order valence-electron chi connectivity index (χ4n) is 0.815. The van der Waals surface area contributed by atoms with Gasteiger partial charge in [-0.2, -0.15) is 0 Å². The Morgan fingerprint density at radius 1 is 1.70 bits per heavy atom. The summed E-state index contributed by atoms with van der Waals surface area (Å²) in [5, 5.41) is 8.38. The number of hydrogen-bond donors (Lipinski definition) is 1. The molecule has 3 heteroatoms. The van der Waals surface area contributed by atoms with Crippen LogP contribution in [0.3, 0.4) is 0 Å². The van der Waals surface area contributed by atoms with E-state index in [1.54, 1.807) is 0 Å². The van der Waals surface area contributed by atoms with Crippen molar-refractivity contribution in [1.29, 1.82) is 0 Å². The predicted octanol–water partition coefficient (Wildman–Crippen LogP) is 1.85. The van der Waals surface area contributed by atoms with E-state index < -0.39 is 17.6 Å². The quantitative estimate of drug-likeness (QED) is 0.663. The van der Waals surface area contributed by atoms with E-state index in [0.29, 0.717) is 0 Å². The topological polar surface area (TPSA) is 37.3 Å². The molecule has 0 aliphatic rings. The van der Waals surface area contributed by atoms with Crippen LogP contribution < -0.4 is 0 Å². The Labute approximate surface area is 60.1 Å². The standard InChI is InChI=1S/C7H13FO2/c1-5(6(9)10)4-7(2,3)8/h5H,4H2,1-3H3,(H,9,10)/t5-/m1/s1. The normalized spacial score (nSPS) is 14.8. The van der Waals surface area contributed by atoms with Gasteiger partial charge in [-0.25, -0.2) is 4.39 Å². The Morgan fingerprint density at radius 3 is 2.20 bits per heavy atom.